The van der Waals surface area contributed by atoms with E-state index in [-0.39, 0.29) is 0 Å². The van der Waals surface area contributed by atoms with Gasteiger partial charge in [-0.1, -0.05) is 0 Å². The predicted molar refractivity (Wildman–Crippen MR) is 49.8 cm³/mol. The van der Waals surface area contributed by atoms with Gasteiger partial charge in [0.25, 0.3) is 0 Å². The molecule has 0 spiro atoms. The number of aromatic nitrogens is 2. The Hall–Kier alpha value is -1.03. The fourth-order valence-corrected chi connectivity index (χ4v) is 1.59. The Morgan fingerprint density at radius 2 is 2.54 bits per heavy atom. The molecule has 1 atom stereocenters. The number of rotatable bonds is 2. The van der Waals surface area contributed by atoms with Crippen LogP contribution in [0.2, 0.25) is 0 Å². The normalized spacial score (nSPS) is 22.2. The number of nitrogens with zero attached hydrogens (tertiary/aromatic N) is 2. The third-order valence-corrected chi connectivity index (χ3v) is 2.26. The molecular weight excluding hydrogens is 166 g/mol. The molecule has 1 unspecified atom stereocenters. The molecule has 0 aliphatic carbocycles. The van der Waals surface area contributed by atoms with Crippen molar-refractivity contribution in [1.82, 2.24) is 15.1 Å². The molecule has 1 aliphatic heterocycles. The van der Waals surface area contributed by atoms with Crippen LogP contribution in [0.3, 0.4) is 0 Å². The summed E-state index contributed by atoms with van der Waals surface area (Å²) in [4.78, 5) is 0. The van der Waals surface area contributed by atoms with Crippen LogP contribution in [-0.2, 0) is 7.05 Å². The molecule has 1 saturated heterocycles. The van der Waals surface area contributed by atoms with Gasteiger partial charge in [-0.05, 0) is 19.9 Å². The van der Waals surface area contributed by atoms with E-state index in [2.05, 4.69) is 10.4 Å². The lowest BCUT2D eigenvalue weighted by molar-refractivity contribution is 0.211. The fraction of sp³-hybridized carbons (Fsp3) is 0.667. The van der Waals surface area contributed by atoms with Crippen LogP contribution >= 0.6 is 0 Å². The monoisotopic (exact) mass is 181 g/mol. The third kappa shape index (κ3) is 1.83. The minimum Gasteiger partial charge on any atom is -0.472 e. The molecule has 72 valence electrons. The summed E-state index contributed by atoms with van der Waals surface area (Å²) in [5, 5.41) is 7.50. The van der Waals surface area contributed by atoms with Gasteiger partial charge in [0.05, 0.1) is 0 Å². The van der Waals surface area contributed by atoms with Gasteiger partial charge in [-0.3, -0.25) is 4.68 Å². The lowest BCUT2D eigenvalue weighted by Gasteiger charge is -2.09. The van der Waals surface area contributed by atoms with Crippen molar-refractivity contribution in [2.75, 3.05) is 13.1 Å². The van der Waals surface area contributed by atoms with Crippen molar-refractivity contribution in [3.8, 4) is 5.88 Å². The molecule has 0 bridgehead atoms. The Labute approximate surface area is 77.9 Å². The van der Waals surface area contributed by atoms with E-state index in [0.717, 1.165) is 31.0 Å². The highest BCUT2D eigenvalue weighted by molar-refractivity contribution is 5.21. The number of hydrogen-bond acceptors (Lipinski definition) is 3. The van der Waals surface area contributed by atoms with E-state index in [1.165, 1.54) is 0 Å². The molecular formula is C9H15N3O. The van der Waals surface area contributed by atoms with Crippen LogP contribution in [0.4, 0.5) is 0 Å². The van der Waals surface area contributed by atoms with E-state index in [4.69, 9.17) is 4.74 Å². The van der Waals surface area contributed by atoms with E-state index in [1.54, 1.807) is 4.68 Å². The van der Waals surface area contributed by atoms with Crippen molar-refractivity contribution < 1.29 is 4.74 Å². The summed E-state index contributed by atoms with van der Waals surface area (Å²) in [5.41, 5.74) is 1.11. The predicted octanol–water partition coefficient (Wildman–Crippen LogP) is 0.469. The highest BCUT2D eigenvalue weighted by atomic mass is 16.5. The maximum Gasteiger partial charge on any atom is 0.235 e. The Kier molecular flexibility index (Phi) is 2.22. The molecule has 1 aromatic heterocycles. The molecule has 1 N–H and O–H groups in total. The zero-order valence-electron chi connectivity index (χ0n) is 8.08. The maximum absolute atomic E-state index is 5.73. The van der Waals surface area contributed by atoms with Crippen molar-refractivity contribution >= 4 is 0 Å². The number of aryl methyl sites for hydroxylation is 2. The minimum absolute atomic E-state index is 0.300. The molecule has 2 heterocycles. The smallest absolute Gasteiger partial charge is 0.235 e. The van der Waals surface area contributed by atoms with Gasteiger partial charge in [-0.2, -0.15) is 0 Å². The molecule has 0 aromatic carbocycles. The Morgan fingerprint density at radius 1 is 1.69 bits per heavy atom. The molecule has 4 nitrogen and oxygen atoms in total. The molecule has 0 amide bonds. The lowest BCUT2D eigenvalue weighted by Crippen LogP contribution is -2.20. The van der Waals surface area contributed by atoms with Gasteiger partial charge in [-0.25, -0.2) is 0 Å². The summed E-state index contributed by atoms with van der Waals surface area (Å²) < 4.78 is 7.52. The molecule has 2 rings (SSSR count). The Bertz CT molecular complexity index is 289. The standard InChI is InChI=1S/C9H15N3O/c1-7-6-12(2)11-9(7)13-8-3-4-10-5-8/h6,8,10H,3-5H2,1-2H3. The third-order valence-electron chi connectivity index (χ3n) is 2.26. The van der Waals surface area contributed by atoms with Crippen molar-refractivity contribution in [1.29, 1.82) is 0 Å². The molecule has 0 radical (unpaired) electrons. The van der Waals surface area contributed by atoms with Crippen LogP contribution in [0.25, 0.3) is 0 Å². The number of ether oxygens (including phenoxy) is 1. The first-order valence-electron chi connectivity index (χ1n) is 4.63. The lowest BCUT2D eigenvalue weighted by atomic mass is 10.3. The van der Waals surface area contributed by atoms with Gasteiger partial charge in [-0.15, -0.1) is 5.10 Å². The summed E-state index contributed by atoms with van der Waals surface area (Å²) in [7, 11) is 1.91. The largest absolute Gasteiger partial charge is 0.472 e. The van der Waals surface area contributed by atoms with Gasteiger partial charge in [0.1, 0.15) is 6.10 Å². The summed E-state index contributed by atoms with van der Waals surface area (Å²) in [6.07, 6.45) is 3.35. The Balaban J connectivity index is 2.03. The minimum atomic E-state index is 0.300. The van der Waals surface area contributed by atoms with Gasteiger partial charge < -0.3 is 10.1 Å². The first-order chi connectivity index (χ1) is 6.25. The average molecular weight is 181 g/mol. The Morgan fingerprint density at radius 3 is 3.08 bits per heavy atom. The first kappa shape index (κ1) is 8.56. The second kappa shape index (κ2) is 3.38. The number of hydrogen-bond donors (Lipinski definition) is 1. The maximum atomic E-state index is 5.73. The number of nitrogens with one attached hydrogen (secondary N) is 1. The summed E-state index contributed by atoms with van der Waals surface area (Å²) in [6.45, 7) is 4.01. The highest BCUT2D eigenvalue weighted by Crippen LogP contribution is 2.16. The van der Waals surface area contributed by atoms with Crippen LogP contribution < -0.4 is 10.1 Å². The van der Waals surface area contributed by atoms with Crippen LogP contribution in [-0.4, -0.2) is 29.0 Å². The van der Waals surface area contributed by atoms with Gasteiger partial charge in [0, 0.05) is 25.4 Å². The van der Waals surface area contributed by atoms with Crippen LogP contribution in [0.1, 0.15) is 12.0 Å². The van der Waals surface area contributed by atoms with Crippen molar-refractivity contribution in [2.45, 2.75) is 19.4 Å². The van der Waals surface area contributed by atoms with E-state index in [0.29, 0.717) is 6.10 Å². The zero-order chi connectivity index (χ0) is 9.26. The summed E-state index contributed by atoms with van der Waals surface area (Å²) in [5.74, 6) is 0.774. The average Bonchev–Trinajstić information content (AvgIpc) is 2.63. The first-order valence-corrected chi connectivity index (χ1v) is 4.63. The topological polar surface area (TPSA) is 39.1 Å². The quantitative estimate of drug-likeness (QED) is 0.721. The highest BCUT2D eigenvalue weighted by Gasteiger charge is 2.17. The molecule has 1 aliphatic rings. The van der Waals surface area contributed by atoms with E-state index in [9.17, 15) is 0 Å². The SMILES string of the molecule is Cc1cn(C)nc1OC1CCNC1. The zero-order valence-corrected chi connectivity index (χ0v) is 8.08. The van der Waals surface area contributed by atoms with Crippen molar-refractivity contribution in [2.24, 2.45) is 7.05 Å². The van der Waals surface area contributed by atoms with Crippen LogP contribution in [0.15, 0.2) is 6.20 Å². The van der Waals surface area contributed by atoms with Gasteiger partial charge in [0.15, 0.2) is 0 Å². The molecule has 1 fully saturated rings. The van der Waals surface area contributed by atoms with E-state index >= 15 is 0 Å². The van der Waals surface area contributed by atoms with Gasteiger partial charge in [0.2, 0.25) is 5.88 Å². The molecule has 0 saturated carbocycles. The summed E-state index contributed by atoms with van der Waals surface area (Å²) in [6, 6.07) is 0. The van der Waals surface area contributed by atoms with Gasteiger partial charge >= 0.3 is 0 Å². The molecule has 1 aromatic rings. The van der Waals surface area contributed by atoms with Crippen LogP contribution in [0, 0.1) is 6.92 Å². The van der Waals surface area contributed by atoms with Crippen LogP contribution in [0.5, 0.6) is 5.88 Å². The fourth-order valence-electron chi connectivity index (χ4n) is 1.59. The van der Waals surface area contributed by atoms with E-state index in [1.807, 2.05) is 20.2 Å². The molecule has 13 heavy (non-hydrogen) atoms. The van der Waals surface area contributed by atoms with E-state index < -0.39 is 0 Å². The van der Waals surface area contributed by atoms with Crippen molar-refractivity contribution in [3.63, 3.8) is 0 Å². The van der Waals surface area contributed by atoms with Crippen molar-refractivity contribution in [3.05, 3.63) is 11.8 Å². The molecule has 4 heteroatoms. The summed E-state index contributed by atoms with van der Waals surface area (Å²) >= 11 is 0. The second-order valence-corrected chi connectivity index (χ2v) is 3.52. The second-order valence-electron chi connectivity index (χ2n) is 3.52.